The third kappa shape index (κ3) is 2.29. The lowest BCUT2D eigenvalue weighted by Crippen LogP contribution is -2.59. The number of benzene rings is 1. The molecule has 0 unspecified atom stereocenters. The molecule has 0 amide bonds. The van der Waals surface area contributed by atoms with E-state index < -0.39 is 35.4 Å². The Hall–Kier alpha value is -2.21. The number of nitrogens with one attached hydrogen (secondary N) is 1. The van der Waals surface area contributed by atoms with Gasteiger partial charge in [-0.3, -0.25) is 5.32 Å². The van der Waals surface area contributed by atoms with Crippen molar-refractivity contribution >= 4 is 18.2 Å². The van der Waals surface area contributed by atoms with E-state index in [4.69, 9.17) is 9.47 Å². The topological polar surface area (TPSA) is 81.7 Å². The number of ether oxygens (including phenoxy) is 2. The van der Waals surface area contributed by atoms with E-state index in [9.17, 15) is 14.4 Å². The molecule has 0 bridgehead atoms. The molecule has 118 valence electrons. The van der Waals surface area contributed by atoms with Crippen molar-refractivity contribution in [1.29, 1.82) is 0 Å². The van der Waals surface area contributed by atoms with Crippen LogP contribution < -0.4 is 5.32 Å². The van der Waals surface area contributed by atoms with E-state index in [1.807, 2.05) is 30.3 Å². The van der Waals surface area contributed by atoms with Crippen molar-refractivity contribution in [3.63, 3.8) is 0 Å². The Morgan fingerprint density at radius 1 is 1.14 bits per heavy atom. The van der Waals surface area contributed by atoms with Crippen molar-refractivity contribution in [2.24, 2.45) is 11.8 Å². The summed E-state index contributed by atoms with van der Waals surface area (Å²) in [7, 11) is 2.40. The van der Waals surface area contributed by atoms with Crippen LogP contribution in [0.25, 0.3) is 0 Å². The summed E-state index contributed by atoms with van der Waals surface area (Å²) in [6.45, 7) is 1.67. The van der Waals surface area contributed by atoms with Crippen molar-refractivity contribution < 1.29 is 23.9 Å². The van der Waals surface area contributed by atoms with Gasteiger partial charge >= 0.3 is 11.9 Å². The number of hydrogen-bond donors (Lipinski definition) is 1. The molecule has 1 saturated heterocycles. The van der Waals surface area contributed by atoms with Crippen LogP contribution in [0.2, 0.25) is 0 Å². The molecule has 1 aromatic carbocycles. The summed E-state index contributed by atoms with van der Waals surface area (Å²) >= 11 is 0. The average molecular weight is 305 g/mol. The van der Waals surface area contributed by atoms with Gasteiger partial charge in [-0.05, 0) is 5.56 Å². The lowest BCUT2D eigenvalue weighted by molar-refractivity contribution is -0.165. The summed E-state index contributed by atoms with van der Waals surface area (Å²) in [6.07, 6.45) is 0.767. The molecule has 0 aliphatic carbocycles. The highest BCUT2D eigenvalue weighted by Crippen LogP contribution is 2.43. The van der Waals surface area contributed by atoms with E-state index in [1.165, 1.54) is 14.2 Å². The van der Waals surface area contributed by atoms with Crippen molar-refractivity contribution in [3.8, 4) is 0 Å². The standard InChI is InChI=1S/C16H19NO5/c1-10-12(9-18)13(11-7-5-4-6-8-11)17-16(10,14(19)21-2)15(20)22-3/h4-10,12-13,17H,1-3H3/t10-,12-,13-/m1/s1. The molecular formula is C16H19NO5. The molecule has 0 saturated carbocycles. The Balaban J connectivity index is 2.51. The Bertz CT molecular complexity index is 555. The molecule has 0 spiro atoms. The van der Waals surface area contributed by atoms with E-state index in [0.29, 0.717) is 0 Å². The zero-order valence-electron chi connectivity index (χ0n) is 12.7. The van der Waals surface area contributed by atoms with Gasteiger partial charge in [-0.15, -0.1) is 0 Å². The fourth-order valence-electron chi connectivity index (χ4n) is 3.11. The van der Waals surface area contributed by atoms with E-state index >= 15 is 0 Å². The molecule has 3 atom stereocenters. The Morgan fingerprint density at radius 3 is 2.14 bits per heavy atom. The van der Waals surface area contributed by atoms with Crippen LogP contribution in [0.5, 0.6) is 0 Å². The van der Waals surface area contributed by atoms with Crippen LogP contribution in [0.15, 0.2) is 30.3 Å². The minimum absolute atomic E-state index is 0.466. The third-order valence-electron chi connectivity index (χ3n) is 4.36. The maximum atomic E-state index is 12.3. The fourth-order valence-corrected chi connectivity index (χ4v) is 3.11. The van der Waals surface area contributed by atoms with Gasteiger partial charge in [0.05, 0.1) is 14.2 Å². The molecule has 22 heavy (non-hydrogen) atoms. The number of aldehydes is 1. The van der Waals surface area contributed by atoms with Gasteiger partial charge in [0.15, 0.2) is 0 Å². The molecular weight excluding hydrogens is 286 g/mol. The first-order chi connectivity index (χ1) is 10.5. The maximum Gasteiger partial charge on any atom is 0.338 e. The van der Waals surface area contributed by atoms with Crippen molar-refractivity contribution in [1.82, 2.24) is 5.32 Å². The minimum atomic E-state index is -1.68. The van der Waals surface area contributed by atoms with Gasteiger partial charge in [-0.25, -0.2) is 9.59 Å². The van der Waals surface area contributed by atoms with Crippen LogP contribution in [0.3, 0.4) is 0 Å². The van der Waals surface area contributed by atoms with Crippen LogP contribution in [0, 0.1) is 11.8 Å². The molecule has 1 aromatic rings. The quantitative estimate of drug-likeness (QED) is 0.505. The summed E-state index contributed by atoms with van der Waals surface area (Å²) in [5.41, 5.74) is -0.864. The summed E-state index contributed by atoms with van der Waals surface area (Å²) in [5, 5.41) is 2.99. The second-order valence-corrected chi connectivity index (χ2v) is 5.33. The van der Waals surface area contributed by atoms with Crippen LogP contribution in [-0.4, -0.2) is 38.0 Å². The van der Waals surface area contributed by atoms with Gasteiger partial charge in [0.1, 0.15) is 6.29 Å². The molecule has 0 radical (unpaired) electrons. The third-order valence-corrected chi connectivity index (χ3v) is 4.36. The number of hydrogen-bond acceptors (Lipinski definition) is 6. The lowest BCUT2D eigenvalue weighted by Gasteiger charge is -2.28. The normalized spacial score (nSPS) is 26.2. The molecule has 6 heteroatoms. The fraction of sp³-hybridized carbons (Fsp3) is 0.438. The molecule has 1 aliphatic heterocycles. The van der Waals surface area contributed by atoms with Crippen molar-refractivity contribution in [2.45, 2.75) is 18.5 Å². The zero-order valence-corrected chi connectivity index (χ0v) is 12.7. The molecule has 1 fully saturated rings. The monoisotopic (exact) mass is 305 g/mol. The largest absolute Gasteiger partial charge is 0.467 e. The van der Waals surface area contributed by atoms with Crippen LogP contribution >= 0.6 is 0 Å². The highest BCUT2D eigenvalue weighted by atomic mass is 16.5. The van der Waals surface area contributed by atoms with Gasteiger partial charge in [-0.1, -0.05) is 37.3 Å². The molecule has 1 heterocycles. The van der Waals surface area contributed by atoms with Crippen LogP contribution in [-0.2, 0) is 23.9 Å². The van der Waals surface area contributed by atoms with Crippen molar-refractivity contribution in [3.05, 3.63) is 35.9 Å². The average Bonchev–Trinajstić information content (AvgIpc) is 2.87. The predicted molar refractivity (Wildman–Crippen MR) is 77.8 cm³/mol. The van der Waals surface area contributed by atoms with Gasteiger partial charge in [0.2, 0.25) is 5.54 Å². The summed E-state index contributed by atoms with van der Waals surface area (Å²) < 4.78 is 9.58. The molecule has 0 aromatic heterocycles. The summed E-state index contributed by atoms with van der Waals surface area (Å²) in [6, 6.07) is 8.73. The number of carbonyl (C=O) groups excluding carboxylic acids is 3. The Labute approximate surface area is 128 Å². The van der Waals surface area contributed by atoms with Crippen molar-refractivity contribution in [2.75, 3.05) is 14.2 Å². The second kappa shape index (κ2) is 6.27. The molecule has 2 rings (SSSR count). The van der Waals surface area contributed by atoms with E-state index in [1.54, 1.807) is 6.92 Å². The first-order valence-electron chi connectivity index (χ1n) is 6.97. The van der Waals surface area contributed by atoms with E-state index in [-0.39, 0.29) is 0 Å². The molecule has 1 aliphatic rings. The van der Waals surface area contributed by atoms with Crippen LogP contribution in [0.4, 0.5) is 0 Å². The molecule has 1 N–H and O–H groups in total. The van der Waals surface area contributed by atoms with Gasteiger partial charge in [0, 0.05) is 17.9 Å². The number of carbonyl (C=O) groups is 3. The van der Waals surface area contributed by atoms with Crippen LogP contribution in [0.1, 0.15) is 18.5 Å². The van der Waals surface area contributed by atoms with Gasteiger partial charge < -0.3 is 14.3 Å². The minimum Gasteiger partial charge on any atom is -0.467 e. The smallest absolute Gasteiger partial charge is 0.338 e. The van der Waals surface area contributed by atoms with Gasteiger partial charge in [0.25, 0.3) is 0 Å². The first kappa shape index (κ1) is 16.2. The summed E-state index contributed by atoms with van der Waals surface area (Å²) in [5.74, 6) is -2.66. The first-order valence-corrected chi connectivity index (χ1v) is 6.97. The van der Waals surface area contributed by atoms with Gasteiger partial charge in [-0.2, -0.15) is 0 Å². The highest BCUT2D eigenvalue weighted by molar-refractivity contribution is 6.06. The number of methoxy groups -OCH3 is 2. The maximum absolute atomic E-state index is 12.3. The zero-order chi connectivity index (χ0) is 16.3. The highest BCUT2D eigenvalue weighted by Gasteiger charge is 2.62. The second-order valence-electron chi connectivity index (χ2n) is 5.33. The Kier molecular flexibility index (Phi) is 4.61. The van der Waals surface area contributed by atoms with E-state index in [0.717, 1.165) is 11.8 Å². The predicted octanol–water partition coefficient (Wildman–Crippen LogP) is 0.867. The Morgan fingerprint density at radius 2 is 1.68 bits per heavy atom. The number of rotatable bonds is 4. The lowest BCUT2D eigenvalue weighted by atomic mass is 9.79. The van der Waals surface area contributed by atoms with E-state index in [2.05, 4.69) is 5.32 Å². The number of esters is 2. The molecule has 6 nitrogen and oxygen atoms in total. The SMILES string of the molecule is COC(=O)C1(C(=O)OC)N[C@H](c2ccccc2)[C@H](C=O)[C@H]1C. The summed E-state index contributed by atoms with van der Waals surface area (Å²) in [4.78, 5) is 36.1.